The average Bonchev–Trinajstić information content (AvgIpc) is 3.32. The molecule has 192 valence electrons. The van der Waals surface area contributed by atoms with E-state index in [4.69, 9.17) is 9.47 Å². The molecule has 37 heavy (non-hydrogen) atoms. The number of nitriles is 1. The highest BCUT2D eigenvalue weighted by Gasteiger charge is 2.29. The molecule has 1 aliphatic carbocycles. The van der Waals surface area contributed by atoms with Gasteiger partial charge in [-0.1, -0.05) is 6.08 Å². The Bertz CT molecular complexity index is 1380. The number of hydrogen-bond donors (Lipinski definition) is 1. The Balaban J connectivity index is 1.39. The number of halogens is 1. The molecule has 0 atom stereocenters. The maximum absolute atomic E-state index is 14.2. The van der Waals surface area contributed by atoms with Gasteiger partial charge in [-0.2, -0.15) is 5.26 Å². The normalized spacial score (nSPS) is 20.3. The van der Waals surface area contributed by atoms with E-state index in [-0.39, 0.29) is 11.8 Å². The Labute approximate surface area is 215 Å². The van der Waals surface area contributed by atoms with Crippen molar-refractivity contribution in [1.82, 2.24) is 14.9 Å². The largest absolute Gasteiger partial charge is 0.496 e. The maximum Gasteiger partial charge on any atom is 0.305 e. The van der Waals surface area contributed by atoms with E-state index >= 15 is 0 Å². The molecule has 1 saturated carbocycles. The lowest BCUT2D eigenvalue weighted by atomic mass is 9.83. The van der Waals surface area contributed by atoms with Gasteiger partial charge in [0.1, 0.15) is 23.3 Å². The molecule has 0 radical (unpaired) electrons. The molecule has 5 rings (SSSR count). The fraction of sp³-hybridized carbons (Fsp3) is 0.414. The monoisotopic (exact) mass is 502 g/mol. The summed E-state index contributed by atoms with van der Waals surface area (Å²) in [5, 5.41) is 10.9. The third-order valence-corrected chi connectivity index (χ3v) is 7.84. The summed E-state index contributed by atoms with van der Waals surface area (Å²) in [6, 6.07) is 9.07. The summed E-state index contributed by atoms with van der Waals surface area (Å²) < 4.78 is 24.5. The van der Waals surface area contributed by atoms with Crippen LogP contribution in [-0.4, -0.2) is 54.2 Å². The summed E-state index contributed by atoms with van der Waals surface area (Å²) in [7, 11) is 3.00. The summed E-state index contributed by atoms with van der Waals surface area (Å²) in [6.45, 7) is 1.73. The fourth-order valence-corrected chi connectivity index (χ4v) is 5.86. The van der Waals surface area contributed by atoms with E-state index in [0.717, 1.165) is 56.5 Å². The van der Waals surface area contributed by atoms with Crippen LogP contribution in [-0.2, 0) is 9.53 Å². The van der Waals surface area contributed by atoms with Crippen LogP contribution in [0.1, 0.15) is 49.8 Å². The van der Waals surface area contributed by atoms with E-state index in [1.54, 1.807) is 25.4 Å². The third kappa shape index (κ3) is 4.96. The van der Waals surface area contributed by atoms with Gasteiger partial charge >= 0.3 is 5.97 Å². The molecule has 7 nitrogen and oxygen atoms in total. The topological polar surface area (TPSA) is 91.2 Å². The van der Waals surface area contributed by atoms with Gasteiger partial charge in [0.25, 0.3) is 0 Å². The number of benzene rings is 1. The lowest BCUT2D eigenvalue weighted by Gasteiger charge is -2.38. The molecular formula is C29H31FN4O3. The van der Waals surface area contributed by atoms with Gasteiger partial charge in [0.05, 0.1) is 25.5 Å². The maximum atomic E-state index is 14.2. The Morgan fingerprint density at radius 1 is 1.22 bits per heavy atom. The number of H-pyrrole nitrogens is 1. The van der Waals surface area contributed by atoms with Crippen molar-refractivity contribution < 1.29 is 18.7 Å². The number of nitrogens with one attached hydrogen (secondary N) is 1. The van der Waals surface area contributed by atoms with Gasteiger partial charge in [-0.25, -0.2) is 9.37 Å². The van der Waals surface area contributed by atoms with Crippen molar-refractivity contribution in [2.24, 2.45) is 5.92 Å². The van der Waals surface area contributed by atoms with Crippen LogP contribution in [0.5, 0.6) is 5.75 Å². The molecule has 0 saturated heterocycles. The molecule has 0 bridgehead atoms. The fourth-order valence-electron chi connectivity index (χ4n) is 5.86. The van der Waals surface area contributed by atoms with Crippen LogP contribution in [0.3, 0.4) is 0 Å². The van der Waals surface area contributed by atoms with Crippen molar-refractivity contribution in [3.05, 3.63) is 53.6 Å². The first kappa shape index (κ1) is 25.0. The Hall–Kier alpha value is -3.70. The smallest absolute Gasteiger partial charge is 0.305 e. The molecule has 8 heteroatoms. The molecule has 2 aliphatic rings. The number of carbonyl (C=O) groups is 1. The average molecular weight is 503 g/mol. The summed E-state index contributed by atoms with van der Waals surface area (Å²) >= 11 is 0. The molecule has 1 N–H and O–H groups in total. The predicted molar refractivity (Wildman–Crippen MR) is 139 cm³/mol. The molecule has 0 amide bonds. The highest BCUT2D eigenvalue weighted by Crippen LogP contribution is 2.39. The number of aromatic amines is 1. The van der Waals surface area contributed by atoms with Crippen LogP contribution in [0.25, 0.3) is 27.7 Å². The van der Waals surface area contributed by atoms with E-state index < -0.39 is 0 Å². The summed E-state index contributed by atoms with van der Waals surface area (Å²) in [4.78, 5) is 22.0. The SMILES string of the molecule is COC(=O)CC1CCC(N2CC=C(c3[nH]c4nccc(-c5cc(F)ccc5OC)c4c3C#N)CC2)CC1. The molecular weight excluding hydrogens is 471 g/mol. The zero-order chi connectivity index (χ0) is 25.9. The number of ether oxygens (including phenoxy) is 2. The van der Waals surface area contributed by atoms with Gasteiger partial charge in [0, 0.05) is 42.7 Å². The molecule has 1 fully saturated rings. The van der Waals surface area contributed by atoms with Crippen LogP contribution >= 0.6 is 0 Å². The van der Waals surface area contributed by atoms with Crippen LogP contribution in [0, 0.1) is 23.1 Å². The number of carbonyl (C=O) groups excluding carboxylic acids is 1. The number of esters is 1. The van der Waals surface area contributed by atoms with Crippen molar-refractivity contribution >= 4 is 22.6 Å². The van der Waals surface area contributed by atoms with Gasteiger partial charge in [-0.3, -0.25) is 9.69 Å². The Morgan fingerprint density at radius 3 is 2.70 bits per heavy atom. The van der Waals surface area contributed by atoms with Gasteiger partial charge in [-0.15, -0.1) is 0 Å². The highest BCUT2D eigenvalue weighted by molar-refractivity contribution is 6.01. The van der Waals surface area contributed by atoms with Crippen LogP contribution in [0.2, 0.25) is 0 Å². The molecule has 0 unspecified atom stereocenters. The summed E-state index contributed by atoms with van der Waals surface area (Å²) in [6.07, 6.45) is 9.48. The molecule has 0 spiro atoms. The number of fused-ring (bicyclic) bond motifs is 1. The lowest BCUT2D eigenvalue weighted by Crippen LogP contribution is -2.40. The predicted octanol–water partition coefficient (Wildman–Crippen LogP) is 5.46. The van der Waals surface area contributed by atoms with Crippen LogP contribution < -0.4 is 4.74 Å². The zero-order valence-corrected chi connectivity index (χ0v) is 21.2. The second-order valence-corrected chi connectivity index (χ2v) is 9.84. The second kappa shape index (κ2) is 10.7. The minimum Gasteiger partial charge on any atom is -0.496 e. The van der Waals surface area contributed by atoms with Crippen LogP contribution in [0.4, 0.5) is 4.39 Å². The minimum atomic E-state index is -0.371. The number of aromatic nitrogens is 2. The second-order valence-electron chi connectivity index (χ2n) is 9.84. The third-order valence-electron chi connectivity index (χ3n) is 7.84. The number of hydrogen-bond acceptors (Lipinski definition) is 6. The first-order valence-electron chi connectivity index (χ1n) is 12.8. The molecule has 2 aromatic heterocycles. The standard InChI is InChI=1S/C29H31FN4O3/c1-36-25-8-5-20(30)16-23(25)22-9-12-32-29-27(22)24(17-31)28(33-29)19-10-13-34(14-11-19)21-6-3-18(4-7-21)15-26(35)37-2/h5,8-10,12,16,18,21H,3-4,6-7,11,13-15H2,1-2H3,(H,32,33). The van der Waals surface area contributed by atoms with Gasteiger partial charge in [0.15, 0.2) is 0 Å². The van der Waals surface area contributed by atoms with Crippen molar-refractivity contribution in [3.8, 4) is 22.9 Å². The van der Waals surface area contributed by atoms with Crippen molar-refractivity contribution in [2.75, 3.05) is 27.3 Å². The van der Waals surface area contributed by atoms with E-state index in [1.807, 2.05) is 0 Å². The number of rotatable bonds is 6. The quantitative estimate of drug-likeness (QED) is 0.450. The van der Waals surface area contributed by atoms with Gasteiger partial charge < -0.3 is 14.5 Å². The lowest BCUT2D eigenvalue weighted by molar-refractivity contribution is -0.142. The molecule has 3 aromatic rings. The Kier molecular flexibility index (Phi) is 7.24. The van der Waals surface area contributed by atoms with E-state index in [9.17, 15) is 14.4 Å². The van der Waals surface area contributed by atoms with Gasteiger partial charge in [0.2, 0.25) is 0 Å². The summed E-state index contributed by atoms with van der Waals surface area (Å²) in [5.74, 6) is 0.468. The van der Waals surface area contributed by atoms with E-state index in [2.05, 4.69) is 27.0 Å². The zero-order valence-electron chi connectivity index (χ0n) is 21.2. The highest BCUT2D eigenvalue weighted by atomic mass is 19.1. The molecule has 1 aromatic carbocycles. The Morgan fingerprint density at radius 2 is 2.03 bits per heavy atom. The first-order chi connectivity index (χ1) is 18.0. The summed E-state index contributed by atoms with van der Waals surface area (Å²) in [5.41, 5.74) is 4.30. The molecule has 3 heterocycles. The van der Waals surface area contributed by atoms with E-state index in [1.165, 1.54) is 19.2 Å². The molecule has 1 aliphatic heterocycles. The minimum absolute atomic E-state index is 0.117. The van der Waals surface area contributed by atoms with Crippen LogP contribution in [0.15, 0.2) is 36.5 Å². The number of nitrogens with zero attached hydrogens (tertiary/aromatic N) is 3. The number of pyridine rings is 1. The first-order valence-corrected chi connectivity index (χ1v) is 12.8. The number of methoxy groups -OCH3 is 2. The van der Waals surface area contributed by atoms with Gasteiger partial charge in [-0.05, 0) is 73.4 Å². The van der Waals surface area contributed by atoms with Crippen molar-refractivity contribution in [3.63, 3.8) is 0 Å². The van der Waals surface area contributed by atoms with Crippen molar-refractivity contribution in [1.29, 1.82) is 5.26 Å². The van der Waals surface area contributed by atoms with E-state index in [0.29, 0.717) is 51.9 Å². The van der Waals surface area contributed by atoms with Crippen molar-refractivity contribution in [2.45, 2.75) is 44.6 Å².